The summed E-state index contributed by atoms with van der Waals surface area (Å²) >= 11 is 13.6. The lowest BCUT2D eigenvalue weighted by atomic mass is 9.97. The number of hydrogen-bond acceptors (Lipinski definition) is 11. The van der Waals surface area contributed by atoms with Crippen LogP contribution in [0.15, 0.2) is 139 Å². The first-order chi connectivity index (χ1) is 27.7. The van der Waals surface area contributed by atoms with Gasteiger partial charge in [0, 0.05) is 56.1 Å². The maximum atomic E-state index is 13.3. The fourth-order valence-electron chi connectivity index (χ4n) is 5.69. The first-order valence-electron chi connectivity index (χ1n) is 17.0. The third kappa shape index (κ3) is 8.30. The Morgan fingerprint density at radius 3 is 1.51 bits per heavy atom. The average molecular weight is 789 g/mol. The van der Waals surface area contributed by atoms with Crippen molar-refractivity contribution in [1.29, 1.82) is 10.5 Å². The van der Waals surface area contributed by atoms with Gasteiger partial charge in [-0.1, -0.05) is 71.7 Å². The summed E-state index contributed by atoms with van der Waals surface area (Å²) in [5, 5.41) is 42.3. The van der Waals surface area contributed by atoms with E-state index in [-0.39, 0.29) is 40.4 Å². The number of hydrogen-bond donors (Lipinski definition) is 4. The molecular formula is C42H27Cl2N11O2. The van der Waals surface area contributed by atoms with Gasteiger partial charge >= 0.3 is 6.03 Å². The van der Waals surface area contributed by atoms with E-state index in [0.29, 0.717) is 54.8 Å². The largest absolute Gasteiger partial charge is 0.506 e. The maximum absolute atomic E-state index is 13.3. The number of carbonyl (C=O) groups excluding carboxylic acids is 1. The summed E-state index contributed by atoms with van der Waals surface area (Å²) in [7, 11) is 0. The molecule has 0 bridgehead atoms. The minimum Gasteiger partial charge on any atom is -0.506 e. The summed E-state index contributed by atoms with van der Waals surface area (Å²) in [5.41, 5.74) is 10.1. The zero-order valence-corrected chi connectivity index (χ0v) is 31.0. The lowest BCUT2D eigenvalue weighted by Gasteiger charge is -2.21. The van der Waals surface area contributed by atoms with E-state index in [2.05, 4.69) is 32.7 Å². The van der Waals surface area contributed by atoms with E-state index < -0.39 is 6.03 Å². The molecule has 5 N–H and O–H groups in total. The number of nitriles is 2. The number of benzene rings is 5. The number of nitrogens with one attached hydrogen (secondary N) is 2. The topological polar surface area (TPSA) is 202 Å². The van der Waals surface area contributed by atoms with Crippen molar-refractivity contribution in [2.45, 2.75) is 0 Å². The van der Waals surface area contributed by atoms with Gasteiger partial charge in [0.2, 0.25) is 11.9 Å². The third-order valence-electron chi connectivity index (χ3n) is 8.41. The van der Waals surface area contributed by atoms with Crippen molar-refractivity contribution in [3.05, 3.63) is 166 Å². The molecule has 0 unspecified atom stereocenters. The number of aromatic hydroxyl groups is 1. The molecule has 57 heavy (non-hydrogen) atoms. The Bertz CT molecular complexity index is 2590. The van der Waals surface area contributed by atoms with Gasteiger partial charge in [0.25, 0.3) is 0 Å². The maximum Gasteiger partial charge on any atom is 0.340 e. The van der Waals surface area contributed by atoms with E-state index in [1.165, 1.54) is 12.1 Å². The molecule has 0 radical (unpaired) electrons. The summed E-state index contributed by atoms with van der Waals surface area (Å²) in [6.07, 6.45) is 3.10. The van der Waals surface area contributed by atoms with Gasteiger partial charge in [0.15, 0.2) is 0 Å². The highest BCUT2D eigenvalue weighted by molar-refractivity contribution is 6.34. The van der Waals surface area contributed by atoms with Crippen LogP contribution in [0.4, 0.5) is 33.8 Å². The van der Waals surface area contributed by atoms with Crippen LogP contribution in [0, 0.1) is 22.7 Å². The number of amides is 2. The van der Waals surface area contributed by atoms with Crippen LogP contribution in [0.3, 0.4) is 0 Å². The summed E-state index contributed by atoms with van der Waals surface area (Å²) < 4.78 is 0. The minimum atomic E-state index is -1.04. The lowest BCUT2D eigenvalue weighted by molar-refractivity contribution is 0.254. The van der Waals surface area contributed by atoms with Crippen LogP contribution in [0.2, 0.25) is 10.0 Å². The van der Waals surface area contributed by atoms with E-state index in [4.69, 9.17) is 44.0 Å². The van der Waals surface area contributed by atoms with Crippen molar-refractivity contribution in [2.24, 2.45) is 10.8 Å². The molecule has 0 aliphatic carbocycles. The van der Waals surface area contributed by atoms with Gasteiger partial charge in [-0.05, 0) is 72.8 Å². The Morgan fingerprint density at radius 1 is 0.649 bits per heavy atom. The van der Waals surface area contributed by atoms with E-state index >= 15 is 0 Å². The first-order valence-corrected chi connectivity index (χ1v) is 17.7. The van der Waals surface area contributed by atoms with Crippen LogP contribution in [0.1, 0.15) is 22.5 Å². The van der Waals surface area contributed by atoms with Crippen molar-refractivity contribution in [3.63, 3.8) is 0 Å². The van der Waals surface area contributed by atoms with Gasteiger partial charge in [0.05, 0.1) is 23.3 Å². The number of phenols is 1. The van der Waals surface area contributed by atoms with Crippen molar-refractivity contribution in [1.82, 2.24) is 19.9 Å². The second-order valence-electron chi connectivity index (χ2n) is 12.1. The summed E-state index contributed by atoms with van der Waals surface area (Å²) in [6, 6.07) is 36.7. The molecule has 0 spiro atoms. The molecule has 13 nitrogen and oxygen atoms in total. The highest BCUT2D eigenvalue weighted by atomic mass is 35.5. The molecule has 0 fully saturated rings. The zero-order chi connectivity index (χ0) is 39.9. The van der Waals surface area contributed by atoms with Crippen LogP contribution >= 0.6 is 23.2 Å². The number of anilines is 5. The number of halogens is 2. The molecule has 7 rings (SSSR count). The highest BCUT2D eigenvalue weighted by Crippen LogP contribution is 2.37. The van der Waals surface area contributed by atoms with Gasteiger partial charge in [-0.15, -0.1) is 0 Å². The second-order valence-corrected chi connectivity index (χ2v) is 12.9. The predicted molar refractivity (Wildman–Crippen MR) is 220 cm³/mol. The monoisotopic (exact) mass is 787 g/mol. The predicted octanol–water partition coefficient (Wildman–Crippen LogP) is 9.18. The average Bonchev–Trinajstić information content (AvgIpc) is 3.23. The number of urea groups is 1. The van der Waals surface area contributed by atoms with Gasteiger partial charge in [-0.3, -0.25) is 0 Å². The van der Waals surface area contributed by atoms with Crippen LogP contribution in [0.5, 0.6) is 5.75 Å². The van der Waals surface area contributed by atoms with Crippen LogP contribution in [0.25, 0.3) is 22.3 Å². The van der Waals surface area contributed by atoms with E-state index in [0.717, 1.165) is 5.01 Å². The quantitative estimate of drug-likeness (QED) is 0.0764. The molecule has 0 saturated carbocycles. The number of hydrazone groups is 1. The number of aromatic nitrogens is 4. The second kappa shape index (κ2) is 16.7. The Labute approximate surface area is 336 Å². The Hall–Kier alpha value is -7.84. The number of carbonyl (C=O) groups is 1. The molecule has 2 aromatic heterocycles. The fraction of sp³-hybridized carbons (Fsp3) is 0. The number of rotatable bonds is 10. The van der Waals surface area contributed by atoms with Crippen LogP contribution < -0.4 is 21.4 Å². The molecule has 0 aliphatic heterocycles. The molecular weight excluding hydrogens is 761 g/mol. The molecule has 0 atom stereocenters. The number of phenolic OH excluding ortho intramolecular Hbond substituents is 1. The number of nitrogens with two attached hydrogens (primary N) is 1. The van der Waals surface area contributed by atoms with E-state index in [1.807, 2.05) is 0 Å². The summed E-state index contributed by atoms with van der Waals surface area (Å²) in [5.74, 6) is -0.0693. The Kier molecular flexibility index (Phi) is 11.0. The third-order valence-corrected chi connectivity index (χ3v) is 9.07. The molecule has 0 saturated heterocycles. The first kappa shape index (κ1) is 37.5. The number of nitrogens with zero attached hydrogens (tertiary/aromatic N) is 8. The van der Waals surface area contributed by atoms with Crippen molar-refractivity contribution in [2.75, 3.05) is 15.6 Å². The smallest absolute Gasteiger partial charge is 0.340 e. The van der Waals surface area contributed by atoms with Gasteiger partial charge in [-0.25, -0.2) is 24.7 Å². The van der Waals surface area contributed by atoms with Gasteiger partial charge in [-0.2, -0.15) is 20.6 Å². The normalized spacial score (nSPS) is 10.5. The van der Waals surface area contributed by atoms with Crippen LogP contribution in [-0.4, -0.2) is 36.8 Å². The van der Waals surface area contributed by atoms with Crippen molar-refractivity contribution in [3.8, 4) is 40.1 Å². The van der Waals surface area contributed by atoms with Crippen LogP contribution in [-0.2, 0) is 0 Å². The SMILES string of the molecule is N#Cc1ccc(Nc2ncc(-c3ccccc3Cl)c(C(=NN(C(N)=O)c3ccccc3O)c3nc(Nc4ccc(C#N)cc4)ncc3-c3ccccc3Cl)n2)cc1. The minimum absolute atomic E-state index is 0.0301. The summed E-state index contributed by atoms with van der Waals surface area (Å²) in [6.45, 7) is 0. The van der Waals surface area contributed by atoms with Crippen molar-refractivity contribution >= 4 is 63.9 Å². The standard InChI is InChI=1S/C42H27Cl2N11O2/c43-33-9-3-1-7-29(33)31-23-48-41(50-27-17-13-25(21-45)14-18-27)52-37(31)39(54-55(40(47)57)35-11-5-6-12-36(35)56)38-32(30-8-2-4-10-34(30)44)24-49-42(53-38)51-28-19-15-26(22-46)16-20-28/h1-20,23-24,56H,(H2,47,57)(H,48,50,52)(H,49,51,53). The molecule has 0 aliphatic rings. The molecule has 2 amide bonds. The highest BCUT2D eigenvalue weighted by Gasteiger charge is 2.27. The lowest BCUT2D eigenvalue weighted by Crippen LogP contribution is -2.33. The zero-order valence-electron chi connectivity index (χ0n) is 29.5. The summed E-state index contributed by atoms with van der Waals surface area (Å²) in [4.78, 5) is 32.5. The molecule has 7 aromatic rings. The Balaban J connectivity index is 1.54. The number of para-hydroxylation sites is 2. The van der Waals surface area contributed by atoms with Gasteiger partial charge in [0.1, 0.15) is 28.5 Å². The van der Waals surface area contributed by atoms with E-state index in [1.54, 1.807) is 122 Å². The van der Waals surface area contributed by atoms with Crippen molar-refractivity contribution < 1.29 is 9.90 Å². The molecule has 15 heteroatoms. The molecule has 5 aromatic carbocycles. The molecule has 276 valence electrons. The van der Waals surface area contributed by atoms with E-state index in [9.17, 15) is 20.4 Å². The fourth-order valence-corrected chi connectivity index (χ4v) is 6.16. The molecule has 2 heterocycles. The van der Waals surface area contributed by atoms with Gasteiger partial charge < -0.3 is 21.5 Å². The number of primary amides is 1. The Morgan fingerprint density at radius 2 is 1.09 bits per heavy atom.